The Hall–Kier alpha value is -2.92. The van der Waals surface area contributed by atoms with E-state index in [9.17, 15) is 4.39 Å². The number of nitrogens with zero attached hydrogens (tertiary/aromatic N) is 1. The lowest BCUT2D eigenvalue weighted by Gasteiger charge is -2.07. The number of halogens is 1. The van der Waals surface area contributed by atoms with Crippen LogP contribution in [0.1, 0.15) is 11.1 Å². The molecule has 0 bridgehead atoms. The van der Waals surface area contributed by atoms with Crippen LogP contribution in [0.5, 0.6) is 0 Å². The molecule has 0 aliphatic rings. The largest absolute Gasteiger partial charge is 0.206 e. The summed E-state index contributed by atoms with van der Waals surface area (Å²) in [5.41, 5.74) is 5.10. The minimum absolute atomic E-state index is 0.203. The minimum atomic E-state index is -0.203. The molecule has 0 N–H and O–H groups in total. The standard InChI is InChI=1S/C20H14FN/c1-14-2-11-19(20(21)12-14)18-9-7-17(8-10-18)16-5-3-15(13-22)4-6-16/h2-12H,1H3. The molecule has 0 spiro atoms. The van der Waals surface area contributed by atoms with Gasteiger partial charge >= 0.3 is 0 Å². The van der Waals surface area contributed by atoms with Crippen LogP contribution in [0.3, 0.4) is 0 Å². The molecule has 3 aromatic rings. The summed E-state index contributed by atoms with van der Waals surface area (Å²) >= 11 is 0. The summed E-state index contributed by atoms with van der Waals surface area (Å²) in [5.74, 6) is -0.203. The monoisotopic (exact) mass is 287 g/mol. The lowest BCUT2D eigenvalue weighted by Crippen LogP contribution is -1.86. The zero-order chi connectivity index (χ0) is 15.5. The zero-order valence-electron chi connectivity index (χ0n) is 12.2. The van der Waals surface area contributed by atoms with E-state index in [0.717, 1.165) is 22.3 Å². The van der Waals surface area contributed by atoms with E-state index in [0.29, 0.717) is 11.1 Å². The molecule has 3 aromatic carbocycles. The average molecular weight is 287 g/mol. The Labute approximate surface area is 129 Å². The van der Waals surface area contributed by atoms with Crippen LogP contribution in [0.15, 0.2) is 66.7 Å². The third-order valence-electron chi connectivity index (χ3n) is 3.67. The van der Waals surface area contributed by atoms with Gasteiger partial charge in [0.1, 0.15) is 5.82 Å². The fourth-order valence-corrected chi connectivity index (χ4v) is 2.43. The van der Waals surface area contributed by atoms with Crippen LogP contribution in [0, 0.1) is 24.1 Å². The second kappa shape index (κ2) is 5.83. The van der Waals surface area contributed by atoms with Crippen LogP contribution >= 0.6 is 0 Å². The first-order valence-electron chi connectivity index (χ1n) is 7.04. The Morgan fingerprint density at radius 3 is 1.86 bits per heavy atom. The Bertz CT molecular complexity index is 840. The van der Waals surface area contributed by atoms with Crippen molar-refractivity contribution in [2.24, 2.45) is 0 Å². The molecule has 0 aliphatic heterocycles. The van der Waals surface area contributed by atoms with Crippen LogP contribution in [0.25, 0.3) is 22.3 Å². The maximum absolute atomic E-state index is 14.0. The summed E-state index contributed by atoms with van der Waals surface area (Å²) in [6, 6.07) is 22.6. The SMILES string of the molecule is Cc1ccc(-c2ccc(-c3ccc(C#N)cc3)cc2)c(F)c1. The molecular weight excluding hydrogens is 273 g/mol. The van der Waals surface area contributed by atoms with Crippen molar-refractivity contribution in [2.45, 2.75) is 6.92 Å². The molecule has 1 nitrogen and oxygen atoms in total. The number of benzene rings is 3. The van der Waals surface area contributed by atoms with Crippen molar-refractivity contribution in [1.29, 1.82) is 5.26 Å². The van der Waals surface area contributed by atoms with Gasteiger partial charge in [0, 0.05) is 5.56 Å². The van der Waals surface area contributed by atoms with E-state index in [1.54, 1.807) is 24.3 Å². The van der Waals surface area contributed by atoms with E-state index < -0.39 is 0 Å². The number of rotatable bonds is 2. The summed E-state index contributed by atoms with van der Waals surface area (Å²) < 4.78 is 14.0. The van der Waals surface area contributed by atoms with Crippen molar-refractivity contribution < 1.29 is 4.39 Å². The Morgan fingerprint density at radius 1 is 0.773 bits per heavy atom. The highest BCUT2D eigenvalue weighted by Gasteiger charge is 2.05. The van der Waals surface area contributed by atoms with Gasteiger partial charge < -0.3 is 0 Å². The first-order chi connectivity index (χ1) is 10.7. The Morgan fingerprint density at radius 2 is 1.32 bits per heavy atom. The first kappa shape index (κ1) is 14.0. The molecule has 0 aliphatic carbocycles. The lowest BCUT2D eigenvalue weighted by atomic mass is 9.99. The minimum Gasteiger partial charge on any atom is -0.206 e. The lowest BCUT2D eigenvalue weighted by molar-refractivity contribution is 0.630. The molecular formula is C20H14FN. The predicted octanol–water partition coefficient (Wildman–Crippen LogP) is 5.34. The van der Waals surface area contributed by atoms with Gasteiger partial charge in [-0.1, -0.05) is 48.5 Å². The fourth-order valence-electron chi connectivity index (χ4n) is 2.43. The highest BCUT2D eigenvalue weighted by Crippen LogP contribution is 2.27. The normalized spacial score (nSPS) is 10.2. The first-order valence-corrected chi connectivity index (χ1v) is 7.04. The number of aryl methyl sites for hydroxylation is 1. The zero-order valence-corrected chi connectivity index (χ0v) is 12.2. The Balaban J connectivity index is 1.93. The fraction of sp³-hybridized carbons (Fsp3) is 0.0500. The summed E-state index contributed by atoms with van der Waals surface area (Å²) in [6.07, 6.45) is 0. The average Bonchev–Trinajstić information content (AvgIpc) is 2.55. The summed E-state index contributed by atoms with van der Waals surface area (Å²) in [7, 11) is 0. The molecule has 0 fully saturated rings. The van der Waals surface area contributed by atoms with Gasteiger partial charge in [-0.25, -0.2) is 4.39 Å². The second-order valence-corrected chi connectivity index (χ2v) is 5.25. The smallest absolute Gasteiger partial charge is 0.131 e. The topological polar surface area (TPSA) is 23.8 Å². The Kier molecular flexibility index (Phi) is 3.72. The van der Waals surface area contributed by atoms with Gasteiger partial charge in [-0.2, -0.15) is 5.26 Å². The van der Waals surface area contributed by atoms with Crippen LogP contribution in [-0.2, 0) is 0 Å². The molecule has 22 heavy (non-hydrogen) atoms. The maximum Gasteiger partial charge on any atom is 0.131 e. The van der Waals surface area contributed by atoms with Crippen molar-refractivity contribution in [3.63, 3.8) is 0 Å². The maximum atomic E-state index is 14.0. The van der Waals surface area contributed by atoms with Gasteiger partial charge in [-0.15, -0.1) is 0 Å². The van der Waals surface area contributed by atoms with Crippen LogP contribution in [-0.4, -0.2) is 0 Å². The van der Waals surface area contributed by atoms with Gasteiger partial charge in [0.15, 0.2) is 0 Å². The molecule has 106 valence electrons. The van der Waals surface area contributed by atoms with Crippen molar-refractivity contribution in [3.8, 4) is 28.3 Å². The van der Waals surface area contributed by atoms with Gasteiger partial charge in [-0.05, 0) is 47.4 Å². The van der Waals surface area contributed by atoms with Crippen molar-refractivity contribution >= 4 is 0 Å². The summed E-state index contributed by atoms with van der Waals surface area (Å²) in [5, 5.41) is 8.82. The summed E-state index contributed by atoms with van der Waals surface area (Å²) in [6.45, 7) is 1.88. The highest BCUT2D eigenvalue weighted by atomic mass is 19.1. The van der Waals surface area contributed by atoms with Gasteiger partial charge in [0.05, 0.1) is 11.6 Å². The third kappa shape index (κ3) is 2.75. The van der Waals surface area contributed by atoms with E-state index in [4.69, 9.17) is 5.26 Å². The van der Waals surface area contributed by atoms with Gasteiger partial charge in [0.25, 0.3) is 0 Å². The van der Waals surface area contributed by atoms with Crippen LogP contribution in [0.2, 0.25) is 0 Å². The van der Waals surface area contributed by atoms with Crippen LogP contribution in [0.4, 0.5) is 4.39 Å². The molecule has 0 heterocycles. The van der Waals surface area contributed by atoms with Gasteiger partial charge in [-0.3, -0.25) is 0 Å². The van der Waals surface area contributed by atoms with E-state index >= 15 is 0 Å². The third-order valence-corrected chi connectivity index (χ3v) is 3.67. The molecule has 0 saturated heterocycles. The van der Waals surface area contributed by atoms with E-state index in [-0.39, 0.29) is 5.82 Å². The summed E-state index contributed by atoms with van der Waals surface area (Å²) in [4.78, 5) is 0. The van der Waals surface area contributed by atoms with Gasteiger partial charge in [0.2, 0.25) is 0 Å². The van der Waals surface area contributed by atoms with Crippen molar-refractivity contribution in [1.82, 2.24) is 0 Å². The molecule has 0 saturated carbocycles. The molecule has 0 atom stereocenters. The second-order valence-electron chi connectivity index (χ2n) is 5.25. The number of hydrogen-bond acceptors (Lipinski definition) is 1. The van der Waals surface area contributed by atoms with Crippen LogP contribution < -0.4 is 0 Å². The van der Waals surface area contributed by atoms with Crippen molar-refractivity contribution in [3.05, 3.63) is 83.7 Å². The molecule has 0 radical (unpaired) electrons. The molecule has 3 rings (SSSR count). The molecule has 2 heteroatoms. The number of nitriles is 1. The van der Waals surface area contributed by atoms with E-state index in [1.807, 2.05) is 49.4 Å². The predicted molar refractivity (Wildman–Crippen MR) is 86.7 cm³/mol. The quantitative estimate of drug-likeness (QED) is 0.624. The highest BCUT2D eigenvalue weighted by molar-refractivity contribution is 5.71. The van der Waals surface area contributed by atoms with E-state index in [2.05, 4.69) is 6.07 Å². The van der Waals surface area contributed by atoms with E-state index in [1.165, 1.54) is 0 Å². The molecule has 0 unspecified atom stereocenters. The molecule has 0 amide bonds. The van der Waals surface area contributed by atoms with Crippen molar-refractivity contribution in [2.75, 3.05) is 0 Å². The molecule has 0 aromatic heterocycles. The number of hydrogen-bond donors (Lipinski definition) is 0.